The lowest BCUT2D eigenvalue weighted by atomic mass is 9.74. The van der Waals surface area contributed by atoms with E-state index in [0.29, 0.717) is 38.1 Å². The molecule has 2 aromatic rings. The van der Waals surface area contributed by atoms with Crippen molar-refractivity contribution in [2.75, 3.05) is 32.5 Å². The zero-order valence-corrected chi connectivity index (χ0v) is 19.7. The highest BCUT2D eigenvalue weighted by Crippen LogP contribution is 2.39. The van der Waals surface area contributed by atoms with Crippen molar-refractivity contribution in [2.45, 2.75) is 36.7 Å². The molecule has 12 heteroatoms. The van der Waals surface area contributed by atoms with Gasteiger partial charge in [0, 0.05) is 12.0 Å². The predicted molar refractivity (Wildman–Crippen MR) is 118 cm³/mol. The van der Waals surface area contributed by atoms with Crippen molar-refractivity contribution >= 4 is 10.0 Å². The summed E-state index contributed by atoms with van der Waals surface area (Å²) in [4.78, 5) is 0. The highest BCUT2D eigenvalue weighted by Gasteiger charge is 2.39. The van der Waals surface area contributed by atoms with E-state index in [4.69, 9.17) is 4.74 Å². The number of sulfonamides is 1. The number of piperidine rings is 1. The van der Waals surface area contributed by atoms with Gasteiger partial charge in [0.05, 0.1) is 30.1 Å². The smallest absolute Gasteiger partial charge is 0.371 e. The zero-order valence-electron chi connectivity index (χ0n) is 18.8. The molecule has 1 aliphatic rings. The predicted octanol–water partition coefficient (Wildman–Crippen LogP) is 4.65. The van der Waals surface area contributed by atoms with E-state index in [1.54, 1.807) is 0 Å². The molecule has 5 nitrogen and oxygen atoms in total. The van der Waals surface area contributed by atoms with Gasteiger partial charge in [-0.1, -0.05) is 30.3 Å². The molecule has 1 atom stereocenters. The molecule has 1 heterocycles. The number of rotatable bonds is 8. The second-order valence-electron chi connectivity index (χ2n) is 8.66. The van der Waals surface area contributed by atoms with E-state index >= 15 is 0 Å². The highest BCUT2D eigenvalue weighted by atomic mass is 32.2. The fourth-order valence-corrected chi connectivity index (χ4v) is 4.59. The Morgan fingerprint density at radius 1 is 0.971 bits per heavy atom. The average Bonchev–Trinajstić information content (AvgIpc) is 2.78. The van der Waals surface area contributed by atoms with Gasteiger partial charge >= 0.3 is 12.4 Å². The van der Waals surface area contributed by atoms with Crippen molar-refractivity contribution in [3.63, 3.8) is 0 Å². The summed E-state index contributed by atoms with van der Waals surface area (Å²) < 4.78 is 112. The van der Waals surface area contributed by atoms with Gasteiger partial charge < -0.3 is 10.1 Å². The molecular weight excluding hydrogens is 498 g/mol. The van der Waals surface area contributed by atoms with Crippen molar-refractivity contribution in [1.82, 2.24) is 10.0 Å². The minimum atomic E-state index is -5.04. The van der Waals surface area contributed by atoms with Crippen molar-refractivity contribution in [2.24, 2.45) is 0 Å². The number of ether oxygens (including phenoxy) is 1. The Morgan fingerprint density at radius 3 is 2.00 bits per heavy atom. The van der Waals surface area contributed by atoms with Gasteiger partial charge in [-0.05, 0) is 55.3 Å². The maximum Gasteiger partial charge on any atom is 0.416 e. The van der Waals surface area contributed by atoms with Gasteiger partial charge in [0.25, 0.3) is 0 Å². The van der Waals surface area contributed by atoms with Gasteiger partial charge in [-0.25, -0.2) is 13.1 Å². The molecule has 0 radical (unpaired) electrons. The van der Waals surface area contributed by atoms with Crippen LogP contribution in [0, 0.1) is 0 Å². The Labute approximate surface area is 199 Å². The van der Waals surface area contributed by atoms with Crippen LogP contribution in [0.15, 0.2) is 48.5 Å². The first-order valence-corrected chi connectivity index (χ1v) is 12.7. The lowest BCUT2D eigenvalue weighted by molar-refractivity contribution is -0.143. The number of hydrogen-bond acceptors (Lipinski definition) is 4. The summed E-state index contributed by atoms with van der Waals surface area (Å²) in [6, 6.07) is 10.5. The van der Waals surface area contributed by atoms with Crippen LogP contribution in [0.2, 0.25) is 0 Å². The summed E-state index contributed by atoms with van der Waals surface area (Å²) in [5.74, 6) is 0. The summed E-state index contributed by atoms with van der Waals surface area (Å²) in [5.41, 5.74) is -3.01. The molecule has 2 aromatic carbocycles. The van der Waals surface area contributed by atoms with Crippen molar-refractivity contribution in [1.29, 1.82) is 0 Å². The third kappa shape index (κ3) is 7.42. The molecule has 0 bridgehead atoms. The first kappa shape index (κ1) is 27.4. The first-order valence-electron chi connectivity index (χ1n) is 10.8. The minimum absolute atomic E-state index is 0.0214. The lowest BCUT2D eigenvalue weighted by Crippen LogP contribution is -2.44. The van der Waals surface area contributed by atoms with Crippen molar-refractivity contribution in [3.8, 4) is 0 Å². The van der Waals surface area contributed by atoms with E-state index in [0.717, 1.165) is 11.8 Å². The molecular formula is C23H26F6N2O3S. The van der Waals surface area contributed by atoms with Crippen LogP contribution in [0.5, 0.6) is 0 Å². The maximum absolute atomic E-state index is 13.4. The number of benzene rings is 2. The van der Waals surface area contributed by atoms with Crippen LogP contribution in [0.3, 0.4) is 0 Å². The van der Waals surface area contributed by atoms with Gasteiger partial charge in [0.15, 0.2) is 0 Å². The van der Waals surface area contributed by atoms with Crippen LogP contribution in [0.25, 0.3) is 0 Å². The van der Waals surface area contributed by atoms with Crippen LogP contribution < -0.4 is 10.0 Å². The summed E-state index contributed by atoms with van der Waals surface area (Å²) in [6.07, 6.45) is -9.37. The molecule has 1 saturated heterocycles. The number of hydrogen-bond donors (Lipinski definition) is 2. The van der Waals surface area contributed by atoms with E-state index in [-0.39, 0.29) is 12.7 Å². The standard InChI is InChI=1S/C23H26F6N2O3S/c1-35(32,33)31-14-20(16-11-18(22(24,25)26)13-19(12-16)23(27,28)29)34-15-21(7-9-30-10-8-21)17-5-3-2-4-6-17/h2-6,11-13,20,30-31H,7-10,14-15H2,1H3. The van der Waals surface area contributed by atoms with Crippen molar-refractivity contribution in [3.05, 3.63) is 70.8 Å². The minimum Gasteiger partial charge on any atom is -0.371 e. The summed E-state index contributed by atoms with van der Waals surface area (Å²) in [7, 11) is -3.80. The van der Waals surface area contributed by atoms with E-state index < -0.39 is 57.1 Å². The van der Waals surface area contributed by atoms with E-state index in [9.17, 15) is 34.8 Å². The molecule has 1 aliphatic heterocycles. The molecule has 0 saturated carbocycles. The zero-order chi connectivity index (χ0) is 25.9. The number of alkyl halides is 6. The second-order valence-corrected chi connectivity index (χ2v) is 10.5. The normalized spacial score (nSPS) is 17.8. The fraction of sp³-hybridized carbons (Fsp3) is 0.478. The third-order valence-corrected chi connectivity index (χ3v) is 6.71. The maximum atomic E-state index is 13.4. The molecule has 194 valence electrons. The molecule has 35 heavy (non-hydrogen) atoms. The average molecular weight is 525 g/mol. The summed E-state index contributed by atoms with van der Waals surface area (Å²) in [6.45, 7) is 0.742. The molecule has 1 fully saturated rings. The number of nitrogens with one attached hydrogen (secondary N) is 2. The van der Waals surface area contributed by atoms with Gasteiger partial charge in [0.1, 0.15) is 0 Å². The monoisotopic (exact) mass is 524 g/mol. The van der Waals surface area contributed by atoms with Crippen LogP contribution in [0.1, 0.15) is 41.2 Å². The molecule has 0 aliphatic carbocycles. The van der Waals surface area contributed by atoms with Gasteiger partial charge in [-0.3, -0.25) is 0 Å². The lowest BCUT2D eigenvalue weighted by Gasteiger charge is -2.39. The molecule has 0 aromatic heterocycles. The van der Waals surface area contributed by atoms with E-state index in [2.05, 4.69) is 10.0 Å². The van der Waals surface area contributed by atoms with Crippen LogP contribution in [-0.4, -0.2) is 40.9 Å². The Hall–Kier alpha value is -2.15. The summed E-state index contributed by atoms with van der Waals surface area (Å²) >= 11 is 0. The van der Waals surface area contributed by atoms with Gasteiger partial charge in [-0.2, -0.15) is 26.3 Å². The molecule has 2 N–H and O–H groups in total. The van der Waals surface area contributed by atoms with Crippen molar-refractivity contribution < 1.29 is 39.5 Å². The Balaban J connectivity index is 2.00. The number of halogens is 6. The second kappa shape index (κ2) is 10.5. The van der Waals surface area contributed by atoms with Crippen LogP contribution >= 0.6 is 0 Å². The Bertz CT molecular complexity index is 1070. The SMILES string of the molecule is CS(=O)(=O)NCC(OCC1(c2ccccc2)CCNCC1)c1cc(C(F)(F)F)cc(C(F)(F)F)c1. The van der Waals surface area contributed by atoms with Crippen LogP contribution in [0.4, 0.5) is 26.3 Å². The molecule has 0 spiro atoms. The molecule has 3 rings (SSSR count). The highest BCUT2D eigenvalue weighted by molar-refractivity contribution is 7.88. The topological polar surface area (TPSA) is 67.4 Å². The van der Waals surface area contributed by atoms with Gasteiger partial charge in [-0.15, -0.1) is 0 Å². The van der Waals surface area contributed by atoms with E-state index in [1.807, 2.05) is 30.3 Å². The molecule has 1 unspecified atom stereocenters. The van der Waals surface area contributed by atoms with E-state index in [1.165, 1.54) is 0 Å². The first-order chi connectivity index (χ1) is 16.2. The fourth-order valence-electron chi connectivity index (χ4n) is 4.14. The Kier molecular flexibility index (Phi) is 8.19. The quantitative estimate of drug-likeness (QED) is 0.494. The largest absolute Gasteiger partial charge is 0.416 e. The van der Waals surface area contributed by atoms with Crippen LogP contribution in [-0.2, 0) is 32.5 Å². The third-order valence-electron chi connectivity index (χ3n) is 6.02. The molecule has 0 amide bonds. The Morgan fingerprint density at radius 2 is 1.51 bits per heavy atom. The summed E-state index contributed by atoms with van der Waals surface area (Å²) in [5, 5.41) is 3.22. The van der Waals surface area contributed by atoms with Gasteiger partial charge in [0.2, 0.25) is 10.0 Å².